The molecule has 0 aromatic carbocycles. The second-order valence-corrected chi connectivity index (χ2v) is 5.58. The molecule has 0 spiro atoms. The lowest BCUT2D eigenvalue weighted by atomic mass is 10.1. The number of carbonyl (C=O) groups is 2. The molecule has 118 valence electrons. The fraction of sp³-hybridized carbons (Fsp3) is 0.786. The first-order chi connectivity index (χ1) is 9.99. The lowest BCUT2D eigenvalue weighted by Gasteiger charge is -2.21. The van der Waals surface area contributed by atoms with Crippen LogP contribution in [-0.4, -0.2) is 60.1 Å². The standard InChI is InChI=1S/C14H24N4O3/c1-10(2)12(9-19)17-13(20)7-16-8-14(21)18-5-3-4-11(18)6-15/h10-12,16,19H,3-5,7-9H2,1-2H3,(H,17,20)/t11-,12-/m0/s1. The van der Waals surface area contributed by atoms with Gasteiger partial charge in [0.05, 0.1) is 31.8 Å². The molecule has 1 fully saturated rings. The SMILES string of the molecule is CC(C)[C@H](CO)NC(=O)CNCC(=O)N1CCC[C@H]1C#N. The molecule has 21 heavy (non-hydrogen) atoms. The van der Waals surface area contributed by atoms with Gasteiger partial charge >= 0.3 is 0 Å². The Hall–Kier alpha value is -1.65. The minimum atomic E-state index is -0.340. The van der Waals surface area contributed by atoms with Gasteiger partial charge in [-0.1, -0.05) is 13.8 Å². The molecule has 1 heterocycles. The summed E-state index contributed by atoms with van der Waals surface area (Å²) in [6, 6.07) is 1.49. The summed E-state index contributed by atoms with van der Waals surface area (Å²) in [6.45, 7) is 4.36. The molecule has 1 rings (SSSR count). The second-order valence-electron chi connectivity index (χ2n) is 5.58. The molecule has 2 amide bonds. The van der Waals surface area contributed by atoms with E-state index in [1.165, 1.54) is 0 Å². The highest BCUT2D eigenvalue weighted by atomic mass is 16.3. The predicted octanol–water partition coefficient (Wildman–Crippen LogP) is -0.776. The van der Waals surface area contributed by atoms with E-state index in [9.17, 15) is 9.59 Å². The molecule has 2 atom stereocenters. The lowest BCUT2D eigenvalue weighted by molar-refractivity contribution is -0.130. The van der Waals surface area contributed by atoms with Crippen LogP contribution in [-0.2, 0) is 9.59 Å². The highest BCUT2D eigenvalue weighted by molar-refractivity contribution is 5.81. The van der Waals surface area contributed by atoms with E-state index in [4.69, 9.17) is 10.4 Å². The van der Waals surface area contributed by atoms with E-state index in [2.05, 4.69) is 16.7 Å². The third-order valence-corrected chi connectivity index (χ3v) is 3.63. The third-order valence-electron chi connectivity index (χ3n) is 3.63. The largest absolute Gasteiger partial charge is 0.394 e. The van der Waals surface area contributed by atoms with Crippen molar-refractivity contribution in [2.24, 2.45) is 5.92 Å². The van der Waals surface area contributed by atoms with Crippen LogP contribution in [0.5, 0.6) is 0 Å². The first-order valence-electron chi connectivity index (χ1n) is 7.29. The molecule has 1 saturated heterocycles. The number of amides is 2. The van der Waals surface area contributed by atoms with Crippen molar-refractivity contribution in [3.05, 3.63) is 0 Å². The number of aliphatic hydroxyl groups excluding tert-OH is 1. The lowest BCUT2D eigenvalue weighted by Crippen LogP contribution is -2.47. The molecule has 7 heteroatoms. The van der Waals surface area contributed by atoms with E-state index in [1.54, 1.807) is 4.90 Å². The zero-order chi connectivity index (χ0) is 15.8. The Bertz CT molecular complexity index is 406. The summed E-state index contributed by atoms with van der Waals surface area (Å²) in [5.41, 5.74) is 0. The highest BCUT2D eigenvalue weighted by Gasteiger charge is 2.28. The van der Waals surface area contributed by atoms with Crippen LogP contribution in [0, 0.1) is 17.2 Å². The van der Waals surface area contributed by atoms with Crippen molar-refractivity contribution in [2.45, 2.75) is 38.8 Å². The summed E-state index contributed by atoms with van der Waals surface area (Å²) in [7, 11) is 0. The Morgan fingerprint density at radius 3 is 2.71 bits per heavy atom. The van der Waals surface area contributed by atoms with Gasteiger partial charge in [0, 0.05) is 6.54 Å². The van der Waals surface area contributed by atoms with E-state index in [0.717, 1.165) is 12.8 Å². The van der Waals surface area contributed by atoms with Crippen molar-refractivity contribution >= 4 is 11.8 Å². The van der Waals surface area contributed by atoms with Gasteiger partial charge < -0.3 is 15.3 Å². The average Bonchev–Trinajstić information content (AvgIpc) is 2.92. The van der Waals surface area contributed by atoms with Crippen LogP contribution in [0.25, 0.3) is 0 Å². The second kappa shape index (κ2) is 8.60. The van der Waals surface area contributed by atoms with Gasteiger partial charge in [-0.05, 0) is 18.8 Å². The van der Waals surface area contributed by atoms with Crippen LogP contribution >= 0.6 is 0 Å². The van der Waals surface area contributed by atoms with E-state index in [-0.39, 0.29) is 49.5 Å². The molecular weight excluding hydrogens is 272 g/mol. The fourth-order valence-corrected chi connectivity index (χ4v) is 2.26. The highest BCUT2D eigenvalue weighted by Crippen LogP contribution is 2.15. The number of aliphatic hydroxyl groups is 1. The average molecular weight is 296 g/mol. The van der Waals surface area contributed by atoms with Crippen LogP contribution in [0.15, 0.2) is 0 Å². The number of nitrogens with zero attached hydrogens (tertiary/aromatic N) is 2. The first-order valence-corrected chi connectivity index (χ1v) is 7.29. The molecule has 3 N–H and O–H groups in total. The Kier molecular flexibility index (Phi) is 7.12. The van der Waals surface area contributed by atoms with Crippen molar-refractivity contribution in [2.75, 3.05) is 26.2 Å². The molecule has 0 unspecified atom stereocenters. The smallest absolute Gasteiger partial charge is 0.237 e. The molecule has 0 aliphatic carbocycles. The zero-order valence-electron chi connectivity index (χ0n) is 12.6. The summed E-state index contributed by atoms with van der Waals surface area (Å²) >= 11 is 0. The molecule has 1 aliphatic rings. The number of nitriles is 1. The Morgan fingerprint density at radius 1 is 1.43 bits per heavy atom. The minimum Gasteiger partial charge on any atom is -0.394 e. The number of carbonyl (C=O) groups excluding carboxylic acids is 2. The number of hydrogen-bond donors (Lipinski definition) is 3. The van der Waals surface area contributed by atoms with Gasteiger partial charge in [-0.2, -0.15) is 5.26 Å². The van der Waals surface area contributed by atoms with E-state index in [0.29, 0.717) is 6.54 Å². The van der Waals surface area contributed by atoms with Gasteiger partial charge in [0.1, 0.15) is 6.04 Å². The van der Waals surface area contributed by atoms with Gasteiger partial charge in [0.15, 0.2) is 0 Å². The molecule has 0 aromatic heterocycles. The summed E-state index contributed by atoms with van der Waals surface area (Å²) in [6.07, 6.45) is 1.56. The number of rotatable bonds is 7. The normalized spacial score (nSPS) is 19.4. The Balaban J connectivity index is 2.28. The summed E-state index contributed by atoms with van der Waals surface area (Å²) in [4.78, 5) is 25.2. The fourth-order valence-electron chi connectivity index (χ4n) is 2.26. The third kappa shape index (κ3) is 5.33. The van der Waals surface area contributed by atoms with Crippen molar-refractivity contribution in [1.82, 2.24) is 15.5 Å². The van der Waals surface area contributed by atoms with Gasteiger partial charge in [0.2, 0.25) is 11.8 Å². The number of hydrogen-bond acceptors (Lipinski definition) is 5. The predicted molar refractivity (Wildman–Crippen MR) is 77.1 cm³/mol. The van der Waals surface area contributed by atoms with Gasteiger partial charge in [-0.25, -0.2) is 0 Å². The van der Waals surface area contributed by atoms with Crippen molar-refractivity contribution in [3.8, 4) is 6.07 Å². The maximum absolute atomic E-state index is 11.9. The molecule has 1 aliphatic heterocycles. The zero-order valence-corrected chi connectivity index (χ0v) is 12.6. The topological polar surface area (TPSA) is 105 Å². The van der Waals surface area contributed by atoms with Crippen molar-refractivity contribution < 1.29 is 14.7 Å². The van der Waals surface area contributed by atoms with Crippen LogP contribution in [0.3, 0.4) is 0 Å². The molecular formula is C14H24N4O3. The molecule has 0 radical (unpaired) electrons. The number of likely N-dealkylation sites (tertiary alicyclic amines) is 1. The van der Waals surface area contributed by atoms with Crippen LogP contribution in [0.4, 0.5) is 0 Å². The van der Waals surface area contributed by atoms with E-state index >= 15 is 0 Å². The Labute approximate surface area is 125 Å². The maximum Gasteiger partial charge on any atom is 0.237 e. The summed E-state index contributed by atoms with van der Waals surface area (Å²) < 4.78 is 0. The van der Waals surface area contributed by atoms with Crippen LogP contribution in [0.1, 0.15) is 26.7 Å². The molecule has 0 aromatic rings. The van der Waals surface area contributed by atoms with Crippen molar-refractivity contribution in [1.29, 1.82) is 5.26 Å². The van der Waals surface area contributed by atoms with Crippen molar-refractivity contribution in [3.63, 3.8) is 0 Å². The van der Waals surface area contributed by atoms with Gasteiger partial charge in [-0.15, -0.1) is 0 Å². The molecule has 7 nitrogen and oxygen atoms in total. The minimum absolute atomic E-state index is 0.0139. The molecule has 0 saturated carbocycles. The van der Waals surface area contributed by atoms with E-state index < -0.39 is 0 Å². The van der Waals surface area contributed by atoms with Gasteiger partial charge in [0.25, 0.3) is 0 Å². The Morgan fingerprint density at radius 2 is 2.14 bits per heavy atom. The van der Waals surface area contributed by atoms with Crippen LogP contribution in [0.2, 0.25) is 0 Å². The quantitative estimate of drug-likeness (QED) is 0.572. The molecule has 0 bridgehead atoms. The first kappa shape index (κ1) is 17.4. The summed E-state index contributed by atoms with van der Waals surface area (Å²) in [5.74, 6) is -0.273. The summed E-state index contributed by atoms with van der Waals surface area (Å²) in [5, 5.41) is 23.5. The monoisotopic (exact) mass is 296 g/mol. The van der Waals surface area contributed by atoms with Gasteiger partial charge in [-0.3, -0.25) is 14.9 Å². The maximum atomic E-state index is 11.9. The van der Waals surface area contributed by atoms with Crippen LogP contribution < -0.4 is 10.6 Å². The number of nitrogens with one attached hydrogen (secondary N) is 2. The van der Waals surface area contributed by atoms with E-state index in [1.807, 2.05) is 13.8 Å².